The van der Waals surface area contributed by atoms with Crippen LogP contribution in [-0.4, -0.2) is 25.2 Å². The highest BCUT2D eigenvalue weighted by Gasteiger charge is 2.13. The molecule has 170 valence electrons. The third-order valence-electron chi connectivity index (χ3n) is 6.04. The number of hydrogen-bond donors (Lipinski definition) is 2. The minimum absolute atomic E-state index is 0.0263. The molecule has 1 aliphatic carbocycles. The highest BCUT2D eigenvalue weighted by molar-refractivity contribution is 5.74. The SMILES string of the molecule is CC(C)(C)c1ccc(OCCCNC(=O)NC2CCCCCCCCCCC2)cc1. The first-order valence-corrected chi connectivity index (χ1v) is 12.2. The number of amides is 2. The van der Waals surface area contributed by atoms with Gasteiger partial charge in [-0.2, -0.15) is 0 Å². The molecule has 2 amide bonds. The zero-order chi connectivity index (χ0) is 21.7. The molecule has 0 aromatic heterocycles. The Bertz CT molecular complexity index is 580. The van der Waals surface area contributed by atoms with Crippen LogP contribution in [0.2, 0.25) is 0 Å². The zero-order valence-electron chi connectivity index (χ0n) is 19.6. The third kappa shape index (κ3) is 10.4. The van der Waals surface area contributed by atoms with Crippen molar-refractivity contribution in [3.63, 3.8) is 0 Å². The number of hydrogen-bond acceptors (Lipinski definition) is 2. The molecule has 0 saturated heterocycles. The maximum atomic E-state index is 12.3. The van der Waals surface area contributed by atoms with Crippen molar-refractivity contribution in [1.82, 2.24) is 10.6 Å². The van der Waals surface area contributed by atoms with Crippen LogP contribution in [0.4, 0.5) is 4.79 Å². The van der Waals surface area contributed by atoms with E-state index in [0.717, 1.165) is 25.0 Å². The Labute approximate surface area is 184 Å². The lowest BCUT2D eigenvalue weighted by atomic mass is 9.87. The van der Waals surface area contributed by atoms with E-state index in [1.54, 1.807) is 0 Å². The van der Waals surface area contributed by atoms with Gasteiger partial charge in [0.15, 0.2) is 0 Å². The van der Waals surface area contributed by atoms with Crippen LogP contribution < -0.4 is 15.4 Å². The molecule has 2 N–H and O–H groups in total. The predicted octanol–water partition coefficient (Wildman–Crippen LogP) is 6.73. The number of carbonyl (C=O) groups is 1. The van der Waals surface area contributed by atoms with E-state index < -0.39 is 0 Å². The smallest absolute Gasteiger partial charge is 0.315 e. The Hall–Kier alpha value is -1.71. The molecule has 0 unspecified atom stereocenters. The van der Waals surface area contributed by atoms with Crippen molar-refractivity contribution >= 4 is 6.03 Å². The summed E-state index contributed by atoms with van der Waals surface area (Å²) in [7, 11) is 0. The summed E-state index contributed by atoms with van der Waals surface area (Å²) in [6.07, 6.45) is 14.9. The van der Waals surface area contributed by atoms with E-state index in [4.69, 9.17) is 4.74 Å². The summed E-state index contributed by atoms with van der Waals surface area (Å²) in [4.78, 5) is 12.3. The van der Waals surface area contributed by atoms with E-state index in [1.165, 1.54) is 63.4 Å². The van der Waals surface area contributed by atoms with Crippen molar-refractivity contribution in [2.24, 2.45) is 0 Å². The fourth-order valence-corrected chi connectivity index (χ4v) is 4.06. The zero-order valence-corrected chi connectivity index (χ0v) is 19.6. The molecular weight excluding hydrogens is 372 g/mol. The molecular formula is C26H44N2O2. The summed E-state index contributed by atoms with van der Waals surface area (Å²) in [5, 5.41) is 6.21. The highest BCUT2D eigenvalue weighted by atomic mass is 16.5. The first-order valence-electron chi connectivity index (χ1n) is 12.2. The number of carbonyl (C=O) groups excluding carboxylic acids is 1. The Balaban J connectivity index is 1.61. The number of rotatable bonds is 6. The Kier molecular flexibility index (Phi) is 11.1. The number of ether oxygens (including phenoxy) is 1. The van der Waals surface area contributed by atoms with Gasteiger partial charge < -0.3 is 15.4 Å². The number of nitrogens with one attached hydrogen (secondary N) is 2. The van der Waals surface area contributed by atoms with Gasteiger partial charge in [-0.05, 0) is 42.4 Å². The van der Waals surface area contributed by atoms with E-state index in [2.05, 4.69) is 43.5 Å². The van der Waals surface area contributed by atoms with Crippen molar-refractivity contribution in [2.45, 2.75) is 109 Å². The Morgan fingerprint density at radius 1 is 0.900 bits per heavy atom. The van der Waals surface area contributed by atoms with Crippen LogP contribution in [0.15, 0.2) is 24.3 Å². The van der Waals surface area contributed by atoms with Crippen molar-refractivity contribution in [3.05, 3.63) is 29.8 Å². The Morgan fingerprint density at radius 2 is 1.43 bits per heavy atom. The molecule has 1 aromatic rings. The molecule has 4 nitrogen and oxygen atoms in total. The molecule has 1 aromatic carbocycles. The lowest BCUT2D eigenvalue weighted by Crippen LogP contribution is -2.42. The molecule has 4 heteroatoms. The van der Waals surface area contributed by atoms with Crippen molar-refractivity contribution in [3.8, 4) is 5.75 Å². The quantitative estimate of drug-likeness (QED) is 0.505. The molecule has 1 fully saturated rings. The molecule has 0 spiro atoms. The van der Waals surface area contributed by atoms with Crippen LogP contribution >= 0.6 is 0 Å². The summed E-state index contributed by atoms with van der Waals surface area (Å²) >= 11 is 0. The molecule has 0 radical (unpaired) electrons. The lowest BCUT2D eigenvalue weighted by molar-refractivity contribution is 0.233. The molecule has 0 aliphatic heterocycles. The second-order valence-corrected chi connectivity index (χ2v) is 9.83. The van der Waals surface area contributed by atoms with E-state index in [0.29, 0.717) is 19.2 Å². The van der Waals surface area contributed by atoms with Gasteiger partial charge in [-0.25, -0.2) is 4.79 Å². The molecule has 2 rings (SSSR count). The molecule has 0 atom stereocenters. The topological polar surface area (TPSA) is 50.4 Å². The summed E-state index contributed by atoms with van der Waals surface area (Å²) in [6, 6.07) is 8.62. The van der Waals surface area contributed by atoms with E-state index in [-0.39, 0.29) is 11.4 Å². The fraction of sp³-hybridized carbons (Fsp3) is 0.731. The number of benzene rings is 1. The Morgan fingerprint density at radius 3 is 1.97 bits per heavy atom. The second-order valence-electron chi connectivity index (χ2n) is 9.83. The second kappa shape index (κ2) is 13.6. The van der Waals surface area contributed by atoms with Gasteiger partial charge in [-0.3, -0.25) is 0 Å². The lowest BCUT2D eigenvalue weighted by Gasteiger charge is -2.20. The molecule has 0 heterocycles. The summed E-state index contributed by atoms with van der Waals surface area (Å²) in [6.45, 7) is 7.88. The molecule has 30 heavy (non-hydrogen) atoms. The van der Waals surface area contributed by atoms with Crippen molar-refractivity contribution in [1.29, 1.82) is 0 Å². The van der Waals surface area contributed by atoms with Gasteiger partial charge in [0.2, 0.25) is 0 Å². The minimum atomic E-state index is -0.0263. The average Bonchev–Trinajstić information content (AvgIpc) is 2.69. The summed E-state index contributed by atoms with van der Waals surface area (Å²) in [5.74, 6) is 0.890. The molecule has 1 aliphatic rings. The van der Waals surface area contributed by atoms with Gasteiger partial charge >= 0.3 is 6.03 Å². The van der Waals surface area contributed by atoms with Gasteiger partial charge in [0, 0.05) is 12.6 Å². The number of urea groups is 1. The van der Waals surface area contributed by atoms with Crippen molar-refractivity contribution < 1.29 is 9.53 Å². The van der Waals surface area contributed by atoms with Gasteiger partial charge in [-0.1, -0.05) is 90.7 Å². The average molecular weight is 417 g/mol. The van der Waals surface area contributed by atoms with Crippen molar-refractivity contribution in [2.75, 3.05) is 13.2 Å². The van der Waals surface area contributed by atoms with Crippen LogP contribution in [0.25, 0.3) is 0 Å². The van der Waals surface area contributed by atoms with E-state index in [9.17, 15) is 4.79 Å². The van der Waals surface area contributed by atoms with Crippen LogP contribution in [0, 0.1) is 0 Å². The summed E-state index contributed by atoms with van der Waals surface area (Å²) < 4.78 is 5.81. The maximum Gasteiger partial charge on any atom is 0.315 e. The summed E-state index contributed by atoms with van der Waals surface area (Å²) in [5.41, 5.74) is 1.46. The van der Waals surface area contributed by atoms with Gasteiger partial charge in [0.05, 0.1) is 6.61 Å². The van der Waals surface area contributed by atoms with Gasteiger partial charge in [0.25, 0.3) is 0 Å². The molecule has 1 saturated carbocycles. The fourth-order valence-electron chi connectivity index (χ4n) is 4.06. The van der Waals surface area contributed by atoms with Crippen LogP contribution in [-0.2, 0) is 5.41 Å². The first-order chi connectivity index (χ1) is 14.4. The standard InChI is InChI=1S/C26H44N2O2/c1-26(2,3)22-16-18-24(19-17-22)30-21-13-20-27-25(29)28-23-14-11-9-7-5-4-6-8-10-12-15-23/h16-19,23H,4-15,20-21H2,1-3H3,(H2,27,28,29). The largest absolute Gasteiger partial charge is 0.494 e. The third-order valence-corrected chi connectivity index (χ3v) is 6.04. The molecule has 0 bridgehead atoms. The monoisotopic (exact) mass is 416 g/mol. The van der Waals surface area contributed by atoms with E-state index in [1.807, 2.05) is 12.1 Å². The van der Waals surface area contributed by atoms with Gasteiger partial charge in [-0.15, -0.1) is 0 Å². The van der Waals surface area contributed by atoms with Crippen LogP contribution in [0.3, 0.4) is 0 Å². The van der Waals surface area contributed by atoms with Crippen LogP contribution in [0.5, 0.6) is 5.75 Å². The first kappa shape index (κ1) is 24.6. The van der Waals surface area contributed by atoms with Gasteiger partial charge in [0.1, 0.15) is 5.75 Å². The normalized spacial score (nSPS) is 17.4. The maximum absolute atomic E-state index is 12.3. The van der Waals surface area contributed by atoms with E-state index >= 15 is 0 Å². The highest BCUT2D eigenvalue weighted by Crippen LogP contribution is 2.24. The van der Waals surface area contributed by atoms with Crippen LogP contribution in [0.1, 0.15) is 103 Å². The predicted molar refractivity (Wildman–Crippen MR) is 126 cm³/mol. The minimum Gasteiger partial charge on any atom is -0.494 e.